The average molecular weight is 922 g/mol. The molecule has 7 aromatic rings. The van der Waals surface area contributed by atoms with Crippen LogP contribution in [0, 0.1) is 0 Å². The van der Waals surface area contributed by atoms with E-state index in [1.54, 1.807) is 49.0 Å². The predicted octanol–water partition coefficient (Wildman–Crippen LogP) is 9.43. The second kappa shape index (κ2) is 18.9. The topological polar surface area (TPSA) is 169 Å². The fraction of sp³-hybridized carbons (Fsp3) is 0.220. The summed E-state index contributed by atoms with van der Waals surface area (Å²) in [6, 6.07) is 33.0. The summed E-state index contributed by atoms with van der Waals surface area (Å²) in [7, 11) is 1.64. The lowest BCUT2D eigenvalue weighted by molar-refractivity contribution is 0.122. The van der Waals surface area contributed by atoms with Gasteiger partial charge in [0.1, 0.15) is 17.2 Å². The smallest absolute Gasteiger partial charge is 0.250 e. The number of hydrogen-bond acceptors (Lipinski definition) is 14. The first-order chi connectivity index (χ1) is 32.2. The van der Waals surface area contributed by atoms with Crippen LogP contribution in [0.15, 0.2) is 145 Å². The van der Waals surface area contributed by atoms with Crippen LogP contribution in [-0.2, 0) is 9.47 Å². The molecule has 1 atom stereocenters. The fourth-order valence-electron chi connectivity index (χ4n) is 8.21. The molecule has 2 fully saturated rings. The SMILES string of the molecule is COc1cncc(C(C)Nc2ccc3c(c2)Sc2cccc(-c4cc(N5CCOCC5)cc(=O)[nH]4)c2O3)c1.Nc1ccc2c(c1)Sc1cccc(-c3cc(N4CCOCC4)cc(=O)[nH]3)c1O2. The minimum Gasteiger partial charge on any atom is -0.495 e. The number of pyridine rings is 3. The highest BCUT2D eigenvalue weighted by Gasteiger charge is 2.25. The largest absolute Gasteiger partial charge is 0.495 e. The number of nitrogen functional groups attached to an aromatic ring is 1. The lowest BCUT2D eigenvalue weighted by Gasteiger charge is -2.29. The Kier molecular flexibility index (Phi) is 12.4. The number of aromatic nitrogens is 3. The first kappa shape index (κ1) is 43.1. The van der Waals surface area contributed by atoms with Gasteiger partial charge in [-0.25, -0.2) is 0 Å². The van der Waals surface area contributed by atoms with Gasteiger partial charge in [-0.05, 0) is 91.3 Å². The van der Waals surface area contributed by atoms with Crippen LogP contribution >= 0.6 is 23.5 Å². The summed E-state index contributed by atoms with van der Waals surface area (Å²) in [5.41, 5.74) is 13.3. The minimum atomic E-state index is -0.137. The van der Waals surface area contributed by atoms with Gasteiger partial charge in [0.25, 0.3) is 0 Å². The monoisotopic (exact) mass is 921 g/mol. The van der Waals surface area contributed by atoms with Crippen LogP contribution in [0.25, 0.3) is 22.5 Å². The van der Waals surface area contributed by atoms with Gasteiger partial charge >= 0.3 is 0 Å². The van der Waals surface area contributed by atoms with E-state index in [1.165, 1.54) is 0 Å². The number of nitrogens with two attached hydrogens (primary N) is 1. The van der Waals surface area contributed by atoms with Gasteiger partial charge in [0.2, 0.25) is 11.1 Å². The number of nitrogens with one attached hydrogen (secondary N) is 3. The Morgan fingerprint density at radius 1 is 0.667 bits per heavy atom. The molecule has 14 nitrogen and oxygen atoms in total. The highest BCUT2D eigenvalue weighted by atomic mass is 32.2. The first-order valence-electron chi connectivity index (χ1n) is 21.7. The number of benzene rings is 4. The molecule has 66 heavy (non-hydrogen) atoms. The number of morpholine rings is 2. The molecular weight excluding hydrogens is 875 g/mol. The number of fused-ring (bicyclic) bond motifs is 4. The summed E-state index contributed by atoms with van der Waals surface area (Å²) in [5.74, 6) is 3.78. The van der Waals surface area contributed by atoms with Crippen molar-refractivity contribution in [3.05, 3.63) is 142 Å². The highest BCUT2D eigenvalue weighted by molar-refractivity contribution is 8.00. The van der Waals surface area contributed by atoms with E-state index in [2.05, 4.69) is 43.1 Å². The predicted molar refractivity (Wildman–Crippen MR) is 260 cm³/mol. The van der Waals surface area contributed by atoms with E-state index in [0.717, 1.165) is 120 Å². The van der Waals surface area contributed by atoms with Crippen LogP contribution in [0.3, 0.4) is 0 Å². The van der Waals surface area contributed by atoms with Gasteiger partial charge in [0.05, 0.1) is 76.7 Å². The van der Waals surface area contributed by atoms with E-state index < -0.39 is 0 Å². The molecule has 336 valence electrons. The Labute approximate surface area is 389 Å². The Morgan fingerprint density at radius 2 is 1.21 bits per heavy atom. The second-order valence-electron chi connectivity index (χ2n) is 16.0. The quantitative estimate of drug-likeness (QED) is 0.106. The molecule has 4 aliphatic rings. The maximum absolute atomic E-state index is 12.6. The summed E-state index contributed by atoms with van der Waals surface area (Å²) in [6.45, 7) is 7.82. The number of rotatable bonds is 8. The van der Waals surface area contributed by atoms with Crippen LogP contribution in [0.4, 0.5) is 22.7 Å². The van der Waals surface area contributed by atoms with Crippen molar-refractivity contribution >= 4 is 46.3 Å². The third kappa shape index (κ3) is 9.31. The molecule has 7 heterocycles. The number of aromatic amines is 2. The number of anilines is 4. The lowest BCUT2D eigenvalue weighted by atomic mass is 10.1. The Hall–Kier alpha value is -6.85. The molecule has 0 saturated carbocycles. The van der Waals surface area contributed by atoms with Crippen molar-refractivity contribution in [3.63, 3.8) is 0 Å². The van der Waals surface area contributed by atoms with E-state index in [-0.39, 0.29) is 17.2 Å². The number of nitrogens with zero attached hydrogens (tertiary/aromatic N) is 3. The molecule has 2 saturated heterocycles. The fourth-order valence-corrected chi connectivity index (χ4v) is 10.3. The van der Waals surface area contributed by atoms with Crippen molar-refractivity contribution < 1.29 is 23.7 Å². The molecule has 0 radical (unpaired) electrons. The van der Waals surface area contributed by atoms with Gasteiger partial charge in [-0.15, -0.1) is 0 Å². The number of H-pyrrole nitrogens is 2. The van der Waals surface area contributed by atoms with Gasteiger partial charge < -0.3 is 54.5 Å². The molecule has 1 unspecified atom stereocenters. The van der Waals surface area contributed by atoms with Gasteiger partial charge in [-0.2, -0.15) is 0 Å². The summed E-state index contributed by atoms with van der Waals surface area (Å²) >= 11 is 3.27. The van der Waals surface area contributed by atoms with Crippen LogP contribution in [-0.4, -0.2) is 74.7 Å². The average Bonchev–Trinajstić information content (AvgIpc) is 3.35. The van der Waals surface area contributed by atoms with E-state index >= 15 is 0 Å². The van der Waals surface area contributed by atoms with Crippen LogP contribution in [0.2, 0.25) is 0 Å². The van der Waals surface area contributed by atoms with Crippen LogP contribution < -0.4 is 46.2 Å². The van der Waals surface area contributed by atoms with E-state index in [1.807, 2.05) is 91.1 Å². The molecule has 5 N–H and O–H groups in total. The summed E-state index contributed by atoms with van der Waals surface area (Å²) < 4.78 is 28.9. The Bertz CT molecular complexity index is 3040. The second-order valence-corrected chi connectivity index (χ2v) is 18.2. The molecule has 4 aliphatic heterocycles. The van der Waals surface area contributed by atoms with E-state index in [0.29, 0.717) is 32.1 Å². The first-order valence-corrected chi connectivity index (χ1v) is 23.3. The van der Waals surface area contributed by atoms with Crippen molar-refractivity contribution in [3.8, 4) is 51.3 Å². The molecule has 3 aromatic heterocycles. The van der Waals surface area contributed by atoms with Crippen LogP contribution in [0.1, 0.15) is 18.5 Å². The van der Waals surface area contributed by atoms with Gasteiger partial charge in [0, 0.05) is 78.4 Å². The van der Waals surface area contributed by atoms with E-state index in [9.17, 15) is 9.59 Å². The third-order valence-corrected chi connectivity index (χ3v) is 13.7. The van der Waals surface area contributed by atoms with Gasteiger partial charge in [-0.1, -0.05) is 35.7 Å². The zero-order chi connectivity index (χ0) is 45.1. The normalized spacial score (nSPS) is 15.3. The number of methoxy groups -OCH3 is 1. The van der Waals surface area contributed by atoms with Crippen molar-refractivity contribution in [2.24, 2.45) is 0 Å². The lowest BCUT2D eigenvalue weighted by Crippen LogP contribution is -2.36. The molecule has 0 amide bonds. The number of para-hydroxylation sites is 2. The maximum atomic E-state index is 12.6. The van der Waals surface area contributed by atoms with Crippen molar-refractivity contribution in [1.29, 1.82) is 0 Å². The van der Waals surface area contributed by atoms with Gasteiger partial charge in [0.15, 0.2) is 11.5 Å². The molecule has 11 rings (SSSR count). The molecule has 0 spiro atoms. The number of hydrogen-bond donors (Lipinski definition) is 4. The zero-order valence-electron chi connectivity index (χ0n) is 36.3. The summed E-state index contributed by atoms with van der Waals surface area (Å²) in [6.07, 6.45) is 3.54. The molecule has 0 bridgehead atoms. The molecular formula is C50H47N7O7S2. The van der Waals surface area contributed by atoms with Crippen molar-refractivity contribution in [1.82, 2.24) is 15.0 Å². The highest BCUT2D eigenvalue weighted by Crippen LogP contribution is 2.52. The van der Waals surface area contributed by atoms with Crippen LogP contribution in [0.5, 0.6) is 28.7 Å². The molecule has 16 heteroatoms. The zero-order valence-corrected chi connectivity index (χ0v) is 37.9. The molecule has 4 aromatic carbocycles. The summed E-state index contributed by atoms with van der Waals surface area (Å²) in [5, 5.41) is 3.55. The molecule has 0 aliphatic carbocycles. The van der Waals surface area contributed by atoms with E-state index in [4.69, 9.17) is 29.4 Å². The Balaban J connectivity index is 0.000000162. The maximum Gasteiger partial charge on any atom is 0.250 e. The Morgan fingerprint density at radius 3 is 1.77 bits per heavy atom. The minimum absolute atomic E-state index is 0.0413. The van der Waals surface area contributed by atoms with Gasteiger partial charge in [-0.3, -0.25) is 14.6 Å². The summed E-state index contributed by atoms with van der Waals surface area (Å²) in [4.78, 5) is 43.5. The standard InChI is InChI=1S/C29H28N4O4S.C21H19N3O3S/c1-18(19-12-22(35-2)17-30-16-19)31-20-6-7-25-27(13-20)38-26-5-3-4-23(29(26)37-25)24-14-21(15-28(34)32-24)33-8-10-36-11-9-33;22-13-4-5-17-19(10-13)28-18-3-1-2-15(21(18)27-17)16-11-14(12-20(25)23-16)24-6-8-26-9-7-24/h3-7,12-18,31H,8-11H2,1-2H3,(H,32,34);1-5,10-12H,6-9,22H2,(H,23,25). The van der Waals surface area contributed by atoms with Crippen molar-refractivity contribution in [2.45, 2.75) is 32.5 Å². The van der Waals surface area contributed by atoms with Crippen molar-refractivity contribution in [2.75, 3.05) is 80.6 Å². The number of ether oxygens (including phenoxy) is 5. The third-order valence-electron chi connectivity index (χ3n) is 11.6.